The van der Waals surface area contributed by atoms with Crippen molar-refractivity contribution in [1.29, 1.82) is 0 Å². The van der Waals surface area contributed by atoms with Gasteiger partial charge in [-0.05, 0) is 37.7 Å². The highest BCUT2D eigenvalue weighted by Crippen LogP contribution is 2.16. The van der Waals surface area contributed by atoms with Crippen LogP contribution in [-0.4, -0.2) is 27.3 Å². The molecule has 0 atom stereocenters. The number of anilines is 1. The van der Waals surface area contributed by atoms with Gasteiger partial charge in [0.2, 0.25) is 10.0 Å². The molecule has 0 radical (unpaired) electrons. The van der Waals surface area contributed by atoms with Gasteiger partial charge in [0, 0.05) is 10.7 Å². The predicted molar refractivity (Wildman–Crippen MR) is 72.0 cm³/mol. The maximum absolute atomic E-state index is 11.7. The Morgan fingerprint density at radius 1 is 1.35 bits per heavy atom. The molecule has 0 saturated heterocycles. The van der Waals surface area contributed by atoms with Crippen LogP contribution in [0, 0.1) is 0 Å². The zero-order valence-electron chi connectivity index (χ0n) is 9.74. The number of hydrogen-bond donors (Lipinski definition) is 2. The van der Waals surface area contributed by atoms with E-state index in [1.54, 1.807) is 24.3 Å². The number of sulfonamides is 1. The van der Waals surface area contributed by atoms with E-state index in [4.69, 9.17) is 11.6 Å². The average molecular weight is 277 g/mol. The molecule has 0 spiro atoms. The van der Waals surface area contributed by atoms with E-state index in [1.165, 1.54) is 0 Å². The Morgan fingerprint density at radius 2 is 2.12 bits per heavy atom. The molecule has 4 nitrogen and oxygen atoms in total. The van der Waals surface area contributed by atoms with E-state index in [0.717, 1.165) is 6.54 Å². The fraction of sp³-hybridized carbons (Fsp3) is 0.455. The predicted octanol–water partition coefficient (Wildman–Crippen LogP) is 2.08. The standard InChI is InChI=1S/C11H17ClN2O2S/c1-2-13-7-4-8-17(15,16)14-11-6-3-5-10(12)9-11/h3,5-6,9,13-14H,2,4,7-8H2,1H3. The molecule has 0 bridgehead atoms. The normalized spacial score (nSPS) is 11.4. The quantitative estimate of drug-likeness (QED) is 0.750. The lowest BCUT2D eigenvalue weighted by atomic mass is 10.3. The fourth-order valence-corrected chi connectivity index (χ4v) is 2.65. The summed E-state index contributed by atoms with van der Waals surface area (Å²) in [5, 5.41) is 3.59. The highest BCUT2D eigenvalue weighted by Gasteiger charge is 2.09. The molecule has 1 rings (SSSR count). The van der Waals surface area contributed by atoms with Gasteiger partial charge in [0.15, 0.2) is 0 Å². The van der Waals surface area contributed by atoms with E-state index in [-0.39, 0.29) is 5.75 Å². The van der Waals surface area contributed by atoms with Crippen molar-refractivity contribution >= 4 is 27.3 Å². The van der Waals surface area contributed by atoms with Crippen molar-refractivity contribution in [3.05, 3.63) is 29.3 Å². The van der Waals surface area contributed by atoms with Gasteiger partial charge in [-0.25, -0.2) is 8.42 Å². The van der Waals surface area contributed by atoms with Crippen molar-refractivity contribution in [2.24, 2.45) is 0 Å². The Kier molecular flexibility index (Phi) is 5.74. The van der Waals surface area contributed by atoms with Gasteiger partial charge in [-0.1, -0.05) is 24.6 Å². The minimum absolute atomic E-state index is 0.104. The third-order valence-corrected chi connectivity index (χ3v) is 3.72. The smallest absolute Gasteiger partial charge is 0.232 e. The van der Waals surface area contributed by atoms with Crippen molar-refractivity contribution in [3.8, 4) is 0 Å². The van der Waals surface area contributed by atoms with Gasteiger partial charge >= 0.3 is 0 Å². The summed E-state index contributed by atoms with van der Waals surface area (Å²) in [4.78, 5) is 0. The molecule has 0 aliphatic rings. The van der Waals surface area contributed by atoms with Gasteiger partial charge in [-0.2, -0.15) is 0 Å². The van der Waals surface area contributed by atoms with Gasteiger partial charge in [-0.15, -0.1) is 0 Å². The maximum Gasteiger partial charge on any atom is 0.232 e. The van der Waals surface area contributed by atoms with Crippen LogP contribution in [0.5, 0.6) is 0 Å². The van der Waals surface area contributed by atoms with Gasteiger partial charge in [0.25, 0.3) is 0 Å². The summed E-state index contributed by atoms with van der Waals surface area (Å²) in [6, 6.07) is 6.67. The molecule has 0 aliphatic heterocycles. The second-order valence-corrected chi connectivity index (χ2v) is 5.92. The Labute approximate surface area is 107 Å². The summed E-state index contributed by atoms with van der Waals surface area (Å²) in [6.45, 7) is 3.54. The fourth-order valence-electron chi connectivity index (χ4n) is 1.35. The number of hydrogen-bond acceptors (Lipinski definition) is 3. The summed E-state index contributed by atoms with van der Waals surface area (Å²) in [5.74, 6) is 0.104. The first-order valence-corrected chi connectivity index (χ1v) is 7.53. The average Bonchev–Trinajstić information content (AvgIpc) is 2.24. The summed E-state index contributed by atoms with van der Waals surface area (Å²) in [7, 11) is -3.28. The van der Waals surface area contributed by atoms with E-state index >= 15 is 0 Å². The number of halogens is 1. The molecule has 17 heavy (non-hydrogen) atoms. The first-order valence-electron chi connectivity index (χ1n) is 5.50. The van der Waals surface area contributed by atoms with Crippen molar-refractivity contribution in [2.75, 3.05) is 23.6 Å². The Hall–Kier alpha value is -0.780. The molecular formula is C11H17ClN2O2S. The molecule has 0 unspecified atom stereocenters. The van der Waals surface area contributed by atoms with Crippen LogP contribution in [0.2, 0.25) is 5.02 Å². The first kappa shape index (κ1) is 14.3. The van der Waals surface area contributed by atoms with Crippen LogP contribution < -0.4 is 10.0 Å². The van der Waals surface area contributed by atoms with Crippen molar-refractivity contribution < 1.29 is 8.42 Å². The summed E-state index contributed by atoms with van der Waals surface area (Å²) in [5.41, 5.74) is 0.501. The van der Waals surface area contributed by atoms with Gasteiger partial charge in [-0.3, -0.25) is 4.72 Å². The summed E-state index contributed by atoms with van der Waals surface area (Å²) in [6.07, 6.45) is 0.587. The maximum atomic E-state index is 11.7. The lowest BCUT2D eigenvalue weighted by Crippen LogP contribution is -2.21. The van der Waals surface area contributed by atoms with Crippen LogP contribution in [0.25, 0.3) is 0 Å². The Bertz CT molecular complexity index is 449. The molecule has 2 N–H and O–H groups in total. The van der Waals surface area contributed by atoms with Crippen molar-refractivity contribution in [2.45, 2.75) is 13.3 Å². The topological polar surface area (TPSA) is 58.2 Å². The van der Waals surface area contributed by atoms with Crippen molar-refractivity contribution in [1.82, 2.24) is 5.32 Å². The molecule has 0 saturated carbocycles. The second-order valence-electron chi connectivity index (χ2n) is 3.64. The lowest BCUT2D eigenvalue weighted by molar-refractivity contribution is 0.595. The third kappa shape index (κ3) is 5.91. The number of nitrogens with one attached hydrogen (secondary N) is 2. The Morgan fingerprint density at radius 3 is 2.76 bits per heavy atom. The van der Waals surface area contributed by atoms with Crippen LogP contribution >= 0.6 is 11.6 Å². The van der Waals surface area contributed by atoms with Crippen molar-refractivity contribution in [3.63, 3.8) is 0 Å². The van der Waals surface area contributed by atoms with Crippen LogP contribution in [-0.2, 0) is 10.0 Å². The molecule has 0 amide bonds. The molecule has 6 heteroatoms. The van der Waals surface area contributed by atoms with Crippen LogP contribution in [0.1, 0.15) is 13.3 Å². The number of rotatable bonds is 7. The van der Waals surface area contributed by atoms with Crippen LogP contribution in [0.3, 0.4) is 0 Å². The first-order chi connectivity index (χ1) is 8.03. The second kappa shape index (κ2) is 6.83. The minimum atomic E-state index is -3.28. The molecule has 1 aromatic rings. The molecule has 0 aromatic heterocycles. The van der Waals surface area contributed by atoms with Gasteiger partial charge in [0.1, 0.15) is 0 Å². The highest BCUT2D eigenvalue weighted by atomic mass is 35.5. The molecular weight excluding hydrogens is 260 g/mol. The monoisotopic (exact) mass is 276 g/mol. The zero-order valence-corrected chi connectivity index (χ0v) is 11.3. The molecule has 0 heterocycles. The molecule has 0 aliphatic carbocycles. The van der Waals surface area contributed by atoms with Crippen LogP contribution in [0.15, 0.2) is 24.3 Å². The number of benzene rings is 1. The van der Waals surface area contributed by atoms with E-state index in [0.29, 0.717) is 23.7 Å². The lowest BCUT2D eigenvalue weighted by Gasteiger charge is -2.08. The highest BCUT2D eigenvalue weighted by molar-refractivity contribution is 7.92. The molecule has 96 valence electrons. The zero-order chi connectivity index (χ0) is 12.7. The largest absolute Gasteiger partial charge is 0.317 e. The summed E-state index contributed by atoms with van der Waals surface area (Å²) < 4.78 is 25.9. The van der Waals surface area contributed by atoms with E-state index < -0.39 is 10.0 Å². The van der Waals surface area contributed by atoms with E-state index in [9.17, 15) is 8.42 Å². The van der Waals surface area contributed by atoms with Gasteiger partial charge < -0.3 is 5.32 Å². The third-order valence-electron chi connectivity index (χ3n) is 2.11. The molecule has 0 fully saturated rings. The van der Waals surface area contributed by atoms with Crippen LogP contribution in [0.4, 0.5) is 5.69 Å². The van der Waals surface area contributed by atoms with E-state index in [2.05, 4.69) is 10.0 Å². The Balaban J connectivity index is 2.49. The summed E-state index contributed by atoms with van der Waals surface area (Å²) >= 11 is 5.77. The van der Waals surface area contributed by atoms with E-state index in [1.807, 2.05) is 6.92 Å². The molecule has 1 aromatic carbocycles. The SMILES string of the molecule is CCNCCCS(=O)(=O)Nc1cccc(Cl)c1. The minimum Gasteiger partial charge on any atom is -0.317 e. The van der Waals surface area contributed by atoms with Gasteiger partial charge in [0.05, 0.1) is 5.75 Å².